The molecular weight excluding hydrogens is 282 g/mol. The molecule has 2 heterocycles. The zero-order valence-corrected chi connectivity index (χ0v) is 13.9. The average molecular weight is 311 g/mol. The van der Waals surface area contributed by atoms with Crippen LogP contribution in [0.4, 0.5) is 4.79 Å². The molecule has 0 unspecified atom stereocenters. The van der Waals surface area contributed by atoms with Crippen LogP contribution >= 0.6 is 0 Å². The average Bonchev–Trinajstić information content (AvgIpc) is 2.67. The molecule has 1 spiro atoms. The Kier molecular flexibility index (Phi) is 6.06. The first kappa shape index (κ1) is 17.1. The van der Waals surface area contributed by atoms with Crippen LogP contribution in [0, 0.1) is 5.41 Å². The van der Waals surface area contributed by atoms with E-state index in [0.717, 1.165) is 51.7 Å². The molecule has 2 fully saturated rings. The first-order valence-electron chi connectivity index (χ1n) is 8.32. The number of hydrogen-bond donors (Lipinski definition) is 1. The number of likely N-dealkylation sites (tertiary alicyclic amines) is 2. The van der Waals surface area contributed by atoms with Gasteiger partial charge in [-0.3, -0.25) is 4.79 Å². The second kappa shape index (κ2) is 7.81. The Morgan fingerprint density at radius 1 is 1.23 bits per heavy atom. The third kappa shape index (κ3) is 4.35. The SMILES string of the molecule is COCCCNC(=O)N1CCC2(CCC(=O)N(C)CC2)CC1. The third-order valence-corrected chi connectivity index (χ3v) is 5.19. The number of rotatable bonds is 4. The van der Waals surface area contributed by atoms with Gasteiger partial charge in [0.1, 0.15) is 0 Å². The predicted octanol–water partition coefficient (Wildman–Crippen LogP) is 1.46. The van der Waals surface area contributed by atoms with Crippen molar-refractivity contribution < 1.29 is 14.3 Å². The van der Waals surface area contributed by atoms with Gasteiger partial charge in [-0.2, -0.15) is 0 Å². The summed E-state index contributed by atoms with van der Waals surface area (Å²) >= 11 is 0. The van der Waals surface area contributed by atoms with E-state index in [-0.39, 0.29) is 17.4 Å². The summed E-state index contributed by atoms with van der Waals surface area (Å²) in [7, 11) is 3.56. The maximum atomic E-state index is 12.1. The van der Waals surface area contributed by atoms with Crippen molar-refractivity contribution in [1.82, 2.24) is 15.1 Å². The van der Waals surface area contributed by atoms with Crippen molar-refractivity contribution in [3.8, 4) is 0 Å². The van der Waals surface area contributed by atoms with Gasteiger partial charge in [-0.05, 0) is 37.5 Å². The van der Waals surface area contributed by atoms with Gasteiger partial charge in [0.2, 0.25) is 5.91 Å². The van der Waals surface area contributed by atoms with Gasteiger partial charge in [0.15, 0.2) is 0 Å². The Bertz CT molecular complexity index is 392. The van der Waals surface area contributed by atoms with Crippen LogP contribution in [0.15, 0.2) is 0 Å². The van der Waals surface area contributed by atoms with E-state index in [2.05, 4.69) is 5.32 Å². The van der Waals surface area contributed by atoms with Gasteiger partial charge < -0.3 is 19.9 Å². The predicted molar refractivity (Wildman–Crippen MR) is 84.6 cm³/mol. The fraction of sp³-hybridized carbons (Fsp3) is 0.875. The van der Waals surface area contributed by atoms with Crippen molar-refractivity contribution in [2.75, 3.05) is 46.9 Å². The van der Waals surface area contributed by atoms with Gasteiger partial charge in [-0.25, -0.2) is 4.79 Å². The molecule has 6 heteroatoms. The smallest absolute Gasteiger partial charge is 0.317 e. The molecule has 0 aromatic heterocycles. The van der Waals surface area contributed by atoms with Crippen molar-refractivity contribution in [2.45, 2.75) is 38.5 Å². The molecule has 0 aromatic rings. The minimum Gasteiger partial charge on any atom is -0.385 e. The molecular formula is C16H29N3O3. The summed E-state index contributed by atoms with van der Waals surface area (Å²) in [6, 6.07) is 0.0350. The topological polar surface area (TPSA) is 61.9 Å². The Morgan fingerprint density at radius 2 is 1.91 bits per heavy atom. The second-order valence-electron chi connectivity index (χ2n) is 6.63. The summed E-state index contributed by atoms with van der Waals surface area (Å²) in [5.41, 5.74) is 0.257. The molecule has 2 rings (SSSR count). The maximum absolute atomic E-state index is 12.1. The van der Waals surface area contributed by atoms with Gasteiger partial charge in [0.25, 0.3) is 0 Å². The zero-order chi connectivity index (χ0) is 16.0. The van der Waals surface area contributed by atoms with Gasteiger partial charge in [0, 0.05) is 53.4 Å². The van der Waals surface area contributed by atoms with Crippen LogP contribution in [-0.4, -0.2) is 68.7 Å². The lowest BCUT2D eigenvalue weighted by molar-refractivity contribution is -0.129. The van der Waals surface area contributed by atoms with E-state index in [1.165, 1.54) is 0 Å². The van der Waals surface area contributed by atoms with Gasteiger partial charge >= 0.3 is 6.03 Å². The van der Waals surface area contributed by atoms with E-state index in [1.54, 1.807) is 7.11 Å². The van der Waals surface area contributed by atoms with Crippen LogP contribution in [0.25, 0.3) is 0 Å². The number of hydrogen-bond acceptors (Lipinski definition) is 3. The Morgan fingerprint density at radius 3 is 2.59 bits per heavy atom. The molecule has 2 aliphatic heterocycles. The van der Waals surface area contributed by atoms with Crippen LogP contribution in [0.2, 0.25) is 0 Å². The summed E-state index contributed by atoms with van der Waals surface area (Å²) in [6.45, 7) is 3.78. The number of nitrogens with zero attached hydrogens (tertiary/aromatic N) is 2. The van der Waals surface area contributed by atoms with Crippen molar-refractivity contribution >= 4 is 11.9 Å². The van der Waals surface area contributed by atoms with Crippen LogP contribution < -0.4 is 5.32 Å². The number of nitrogens with one attached hydrogen (secondary N) is 1. The summed E-state index contributed by atoms with van der Waals surface area (Å²) in [5.74, 6) is 0.259. The molecule has 6 nitrogen and oxygen atoms in total. The lowest BCUT2D eigenvalue weighted by atomic mass is 9.73. The lowest BCUT2D eigenvalue weighted by Gasteiger charge is -2.41. The minimum atomic E-state index is 0.0350. The molecule has 22 heavy (non-hydrogen) atoms. The molecule has 1 N–H and O–H groups in total. The summed E-state index contributed by atoms with van der Waals surface area (Å²) < 4.78 is 4.98. The quantitative estimate of drug-likeness (QED) is 0.800. The first-order chi connectivity index (χ1) is 10.6. The minimum absolute atomic E-state index is 0.0350. The molecule has 0 bridgehead atoms. The summed E-state index contributed by atoms with van der Waals surface area (Å²) in [6.07, 6.45) is 5.56. The van der Waals surface area contributed by atoms with Gasteiger partial charge in [0.05, 0.1) is 0 Å². The highest BCUT2D eigenvalue weighted by atomic mass is 16.5. The Hall–Kier alpha value is -1.30. The summed E-state index contributed by atoms with van der Waals surface area (Å²) in [5, 5.41) is 2.95. The molecule has 0 aromatic carbocycles. The highest BCUT2D eigenvalue weighted by molar-refractivity contribution is 5.76. The van der Waals surface area contributed by atoms with E-state index in [9.17, 15) is 9.59 Å². The molecule has 0 aliphatic carbocycles. The highest BCUT2D eigenvalue weighted by Gasteiger charge is 2.38. The number of amides is 3. The van der Waals surface area contributed by atoms with Gasteiger partial charge in [-0.1, -0.05) is 0 Å². The number of carbonyl (C=O) groups excluding carboxylic acids is 2. The van der Waals surface area contributed by atoms with E-state index < -0.39 is 0 Å². The molecule has 126 valence electrons. The normalized spacial score (nSPS) is 21.8. The van der Waals surface area contributed by atoms with E-state index in [0.29, 0.717) is 19.6 Å². The van der Waals surface area contributed by atoms with Crippen molar-refractivity contribution in [1.29, 1.82) is 0 Å². The number of ether oxygens (including phenoxy) is 1. The molecule has 2 aliphatic rings. The number of methoxy groups -OCH3 is 1. The fourth-order valence-electron chi connectivity index (χ4n) is 3.43. The zero-order valence-electron chi connectivity index (χ0n) is 13.9. The number of urea groups is 1. The standard InChI is InChI=1S/C16H29N3O3/c1-18-10-6-16(5-4-14(18)20)7-11-19(12-8-16)15(21)17-9-3-13-22-2/h3-13H2,1-2H3,(H,17,21). The van der Waals surface area contributed by atoms with Crippen molar-refractivity contribution in [3.63, 3.8) is 0 Å². The van der Waals surface area contributed by atoms with E-state index >= 15 is 0 Å². The van der Waals surface area contributed by atoms with E-state index in [1.807, 2.05) is 16.8 Å². The van der Waals surface area contributed by atoms with Crippen molar-refractivity contribution in [2.24, 2.45) is 5.41 Å². The van der Waals surface area contributed by atoms with Crippen LogP contribution in [0.1, 0.15) is 38.5 Å². The Labute approximate surface area is 133 Å². The van der Waals surface area contributed by atoms with Crippen LogP contribution in [-0.2, 0) is 9.53 Å². The molecule has 0 atom stereocenters. The molecule has 2 saturated heterocycles. The molecule has 3 amide bonds. The number of carbonyl (C=O) groups is 2. The third-order valence-electron chi connectivity index (χ3n) is 5.19. The van der Waals surface area contributed by atoms with Crippen LogP contribution in [0.3, 0.4) is 0 Å². The number of piperidine rings is 1. The summed E-state index contributed by atoms with van der Waals surface area (Å²) in [4.78, 5) is 27.7. The Balaban J connectivity index is 1.77. The monoisotopic (exact) mass is 311 g/mol. The lowest BCUT2D eigenvalue weighted by Crippen LogP contribution is -2.47. The van der Waals surface area contributed by atoms with Crippen LogP contribution in [0.5, 0.6) is 0 Å². The van der Waals surface area contributed by atoms with E-state index in [4.69, 9.17) is 4.74 Å². The van der Waals surface area contributed by atoms with Gasteiger partial charge in [-0.15, -0.1) is 0 Å². The maximum Gasteiger partial charge on any atom is 0.317 e. The largest absolute Gasteiger partial charge is 0.385 e. The molecule has 0 saturated carbocycles. The highest BCUT2D eigenvalue weighted by Crippen LogP contribution is 2.41. The fourth-order valence-corrected chi connectivity index (χ4v) is 3.43. The molecule has 0 radical (unpaired) electrons. The second-order valence-corrected chi connectivity index (χ2v) is 6.63. The first-order valence-corrected chi connectivity index (χ1v) is 8.32. The van der Waals surface area contributed by atoms with Crippen molar-refractivity contribution in [3.05, 3.63) is 0 Å².